The minimum Gasteiger partial charge on any atom is -0.507 e. The van der Waals surface area contributed by atoms with E-state index in [4.69, 9.17) is 0 Å². The van der Waals surface area contributed by atoms with E-state index in [1.54, 1.807) is 30.4 Å². The van der Waals surface area contributed by atoms with E-state index in [9.17, 15) is 20.4 Å². The van der Waals surface area contributed by atoms with Gasteiger partial charge in [0.2, 0.25) is 0 Å². The van der Waals surface area contributed by atoms with Gasteiger partial charge in [-0.3, -0.25) is 0 Å². The molecule has 4 heteroatoms. The first-order valence-electron chi connectivity index (χ1n) is 5.60. The Kier molecular flexibility index (Phi) is 2.14. The monoisotopic (exact) mass is 244 g/mol. The highest BCUT2D eigenvalue weighted by Crippen LogP contribution is 2.44. The smallest absolute Gasteiger partial charge is 0.197 e. The highest BCUT2D eigenvalue weighted by molar-refractivity contribution is 5.97. The summed E-state index contributed by atoms with van der Waals surface area (Å²) in [5.41, 5.74) is 0.584. The number of aromatic hydroxyl groups is 2. The van der Waals surface area contributed by atoms with Crippen molar-refractivity contribution in [2.24, 2.45) is 0 Å². The molecule has 0 saturated carbocycles. The van der Waals surface area contributed by atoms with E-state index in [1.165, 1.54) is 6.07 Å². The average Bonchev–Trinajstić information content (AvgIpc) is 2.27. The molecule has 0 unspecified atom stereocenters. The highest BCUT2D eigenvalue weighted by Gasteiger charge is 2.34. The minimum atomic E-state index is -2.11. The number of phenolic OH excluding ortho intramolecular Hbond substituents is 2. The molecular weight excluding hydrogens is 232 g/mol. The molecule has 0 radical (unpaired) electrons. The standard InChI is InChI=1S/C14H12O4/c15-10-5-1-3-8-7-9-4-2-6-14(17,18)12(9)13(16)11(8)10/h1-5,7,15-18H,6H2. The first kappa shape index (κ1) is 11.1. The van der Waals surface area contributed by atoms with Crippen LogP contribution in [0.2, 0.25) is 0 Å². The van der Waals surface area contributed by atoms with Crippen molar-refractivity contribution >= 4 is 16.8 Å². The maximum atomic E-state index is 10.2. The van der Waals surface area contributed by atoms with E-state index in [1.807, 2.05) is 0 Å². The normalized spacial score (nSPS) is 16.8. The van der Waals surface area contributed by atoms with E-state index in [0.29, 0.717) is 10.9 Å². The summed E-state index contributed by atoms with van der Waals surface area (Å²) in [4.78, 5) is 0. The van der Waals surface area contributed by atoms with Crippen molar-refractivity contribution in [1.29, 1.82) is 0 Å². The lowest BCUT2D eigenvalue weighted by molar-refractivity contribution is -0.167. The Morgan fingerprint density at radius 2 is 1.89 bits per heavy atom. The van der Waals surface area contributed by atoms with Crippen LogP contribution in [-0.4, -0.2) is 20.4 Å². The highest BCUT2D eigenvalue weighted by atomic mass is 16.5. The minimum absolute atomic E-state index is 0.00661. The fraction of sp³-hybridized carbons (Fsp3) is 0.143. The summed E-state index contributed by atoms with van der Waals surface area (Å²) < 4.78 is 0. The summed E-state index contributed by atoms with van der Waals surface area (Å²) in [5, 5.41) is 40.7. The Morgan fingerprint density at radius 1 is 1.11 bits per heavy atom. The first-order valence-corrected chi connectivity index (χ1v) is 5.60. The van der Waals surface area contributed by atoms with E-state index in [0.717, 1.165) is 0 Å². The number of benzene rings is 2. The van der Waals surface area contributed by atoms with Crippen LogP contribution in [0.4, 0.5) is 0 Å². The lowest BCUT2D eigenvalue weighted by Crippen LogP contribution is -2.27. The van der Waals surface area contributed by atoms with Gasteiger partial charge in [0.05, 0.1) is 10.9 Å². The molecule has 0 saturated heterocycles. The Morgan fingerprint density at radius 3 is 2.67 bits per heavy atom. The quantitative estimate of drug-likeness (QED) is 0.533. The van der Waals surface area contributed by atoms with Gasteiger partial charge in [0.15, 0.2) is 5.79 Å². The van der Waals surface area contributed by atoms with Gasteiger partial charge in [-0.1, -0.05) is 24.3 Å². The second-order valence-electron chi connectivity index (χ2n) is 4.49. The number of phenols is 2. The van der Waals surface area contributed by atoms with Gasteiger partial charge in [-0.2, -0.15) is 0 Å². The second-order valence-corrected chi connectivity index (χ2v) is 4.49. The van der Waals surface area contributed by atoms with Crippen molar-refractivity contribution in [3.8, 4) is 11.5 Å². The Balaban J connectivity index is 2.48. The summed E-state index contributed by atoms with van der Waals surface area (Å²) in [7, 11) is 0. The van der Waals surface area contributed by atoms with Gasteiger partial charge < -0.3 is 20.4 Å². The van der Waals surface area contributed by atoms with Crippen LogP contribution in [0.15, 0.2) is 30.3 Å². The molecule has 1 aliphatic carbocycles. The second kappa shape index (κ2) is 3.48. The molecule has 18 heavy (non-hydrogen) atoms. The molecule has 0 bridgehead atoms. The molecule has 0 heterocycles. The number of hydrogen-bond donors (Lipinski definition) is 4. The number of hydrogen-bond acceptors (Lipinski definition) is 4. The van der Waals surface area contributed by atoms with Crippen LogP contribution in [-0.2, 0) is 5.79 Å². The van der Waals surface area contributed by atoms with Crippen LogP contribution >= 0.6 is 0 Å². The fourth-order valence-corrected chi connectivity index (χ4v) is 2.44. The van der Waals surface area contributed by atoms with Crippen LogP contribution < -0.4 is 0 Å². The zero-order chi connectivity index (χ0) is 12.9. The zero-order valence-electron chi connectivity index (χ0n) is 9.46. The van der Waals surface area contributed by atoms with Crippen molar-refractivity contribution in [2.75, 3.05) is 0 Å². The van der Waals surface area contributed by atoms with Gasteiger partial charge in [0.1, 0.15) is 11.5 Å². The van der Waals surface area contributed by atoms with Crippen molar-refractivity contribution in [3.05, 3.63) is 41.5 Å². The number of rotatable bonds is 0. The van der Waals surface area contributed by atoms with Gasteiger partial charge >= 0.3 is 0 Å². The maximum absolute atomic E-state index is 10.2. The Labute approximate surface area is 103 Å². The molecule has 1 aliphatic rings. The van der Waals surface area contributed by atoms with Crippen molar-refractivity contribution in [1.82, 2.24) is 0 Å². The molecule has 2 aromatic carbocycles. The predicted octanol–water partition coefficient (Wildman–Crippen LogP) is 1.81. The first-order chi connectivity index (χ1) is 8.50. The topological polar surface area (TPSA) is 80.9 Å². The molecule has 0 atom stereocenters. The third kappa shape index (κ3) is 1.40. The Hall–Kier alpha value is -2.04. The largest absolute Gasteiger partial charge is 0.507 e. The summed E-state index contributed by atoms with van der Waals surface area (Å²) in [6.45, 7) is 0. The van der Waals surface area contributed by atoms with E-state index in [2.05, 4.69) is 0 Å². The van der Waals surface area contributed by atoms with Crippen LogP contribution in [0.3, 0.4) is 0 Å². The van der Waals surface area contributed by atoms with Gasteiger partial charge in [0, 0.05) is 6.42 Å². The molecule has 2 aromatic rings. The number of aliphatic hydroxyl groups is 2. The third-order valence-corrected chi connectivity index (χ3v) is 3.25. The van der Waals surface area contributed by atoms with Crippen LogP contribution in [0.25, 0.3) is 16.8 Å². The summed E-state index contributed by atoms with van der Waals surface area (Å²) in [5.74, 6) is -2.47. The molecule has 3 rings (SSSR count). The summed E-state index contributed by atoms with van der Waals surface area (Å²) in [6, 6.07) is 6.57. The lowest BCUT2D eigenvalue weighted by atomic mass is 9.88. The molecule has 92 valence electrons. The van der Waals surface area contributed by atoms with Crippen molar-refractivity contribution in [3.63, 3.8) is 0 Å². The molecule has 0 amide bonds. The van der Waals surface area contributed by atoms with Gasteiger partial charge in [0.25, 0.3) is 0 Å². The average molecular weight is 244 g/mol. The summed E-state index contributed by atoms with van der Waals surface area (Å²) >= 11 is 0. The molecule has 4 N–H and O–H groups in total. The SMILES string of the molecule is Oc1cccc2cc3c(c(O)c12)C(O)(O)CC=C3. The van der Waals surface area contributed by atoms with Gasteiger partial charge in [-0.05, 0) is 23.1 Å². The third-order valence-electron chi connectivity index (χ3n) is 3.25. The van der Waals surface area contributed by atoms with Gasteiger partial charge in [-0.25, -0.2) is 0 Å². The number of fused-ring (bicyclic) bond motifs is 2. The zero-order valence-corrected chi connectivity index (χ0v) is 9.46. The maximum Gasteiger partial charge on any atom is 0.197 e. The lowest BCUT2D eigenvalue weighted by Gasteiger charge is -2.27. The molecular formula is C14H12O4. The summed E-state index contributed by atoms with van der Waals surface area (Å²) in [6.07, 6.45) is 3.37. The molecule has 0 fully saturated rings. The van der Waals surface area contributed by atoms with Crippen LogP contribution in [0, 0.1) is 0 Å². The van der Waals surface area contributed by atoms with Crippen molar-refractivity contribution < 1.29 is 20.4 Å². The molecule has 4 nitrogen and oxygen atoms in total. The van der Waals surface area contributed by atoms with E-state index < -0.39 is 5.79 Å². The van der Waals surface area contributed by atoms with Crippen molar-refractivity contribution in [2.45, 2.75) is 12.2 Å². The molecule has 0 aromatic heterocycles. The molecule has 0 aliphatic heterocycles. The molecule has 0 spiro atoms. The Bertz CT molecular complexity index is 671. The van der Waals surface area contributed by atoms with E-state index >= 15 is 0 Å². The van der Waals surface area contributed by atoms with Crippen LogP contribution in [0.1, 0.15) is 17.5 Å². The van der Waals surface area contributed by atoms with Crippen LogP contribution in [0.5, 0.6) is 11.5 Å². The predicted molar refractivity (Wildman–Crippen MR) is 67.0 cm³/mol. The fourth-order valence-electron chi connectivity index (χ4n) is 2.44. The van der Waals surface area contributed by atoms with E-state index in [-0.39, 0.29) is 28.9 Å². The van der Waals surface area contributed by atoms with Gasteiger partial charge in [-0.15, -0.1) is 0 Å².